The summed E-state index contributed by atoms with van der Waals surface area (Å²) in [7, 11) is 0. The Balaban J connectivity index is 1.74. The van der Waals surface area contributed by atoms with Crippen molar-refractivity contribution in [1.29, 1.82) is 0 Å². The zero-order valence-corrected chi connectivity index (χ0v) is 13.6. The first-order chi connectivity index (χ1) is 10.1. The van der Waals surface area contributed by atoms with E-state index in [2.05, 4.69) is 21.2 Å². The number of hydrogen-bond donors (Lipinski definition) is 1. The third-order valence-corrected chi connectivity index (χ3v) is 5.31. The van der Waals surface area contributed by atoms with E-state index in [1.165, 1.54) is 36.2 Å². The van der Waals surface area contributed by atoms with Gasteiger partial charge in [0, 0.05) is 22.0 Å². The number of hydrogen-bond acceptors (Lipinski definition) is 2. The molecule has 2 aromatic carbocycles. The van der Waals surface area contributed by atoms with E-state index < -0.39 is 11.6 Å². The minimum Gasteiger partial charge on any atom is -0.310 e. The lowest BCUT2D eigenvalue weighted by Crippen LogP contribution is -2.15. The van der Waals surface area contributed by atoms with Gasteiger partial charge >= 0.3 is 0 Å². The van der Waals surface area contributed by atoms with Crippen molar-refractivity contribution in [1.82, 2.24) is 5.32 Å². The highest BCUT2D eigenvalue weighted by atomic mass is 79.9. The number of rotatable bonds is 5. The van der Waals surface area contributed by atoms with Gasteiger partial charge in [-0.1, -0.05) is 17.8 Å². The smallest absolute Gasteiger partial charge is 0.137 e. The minimum absolute atomic E-state index is 0.291. The first-order valence-electron chi connectivity index (χ1n) is 6.76. The van der Waals surface area contributed by atoms with Gasteiger partial charge < -0.3 is 5.32 Å². The molecule has 21 heavy (non-hydrogen) atoms. The fraction of sp³-hybridized carbons (Fsp3) is 0.250. The molecule has 1 nitrogen and oxygen atoms in total. The molecular weight excluding hydrogens is 356 g/mol. The van der Waals surface area contributed by atoms with Crippen LogP contribution in [0.2, 0.25) is 0 Å². The predicted molar refractivity (Wildman–Crippen MR) is 84.5 cm³/mol. The SMILES string of the molecule is Fc1ccc(F)c(Sc2ccc(CNC3CC3)cc2Br)c1. The number of benzene rings is 2. The first kappa shape index (κ1) is 15.0. The Morgan fingerprint density at radius 3 is 2.62 bits per heavy atom. The molecule has 0 aromatic heterocycles. The lowest BCUT2D eigenvalue weighted by atomic mass is 10.2. The Morgan fingerprint density at radius 2 is 1.90 bits per heavy atom. The van der Waals surface area contributed by atoms with Crippen LogP contribution in [0.3, 0.4) is 0 Å². The Bertz CT molecular complexity index is 659. The van der Waals surface area contributed by atoms with Crippen molar-refractivity contribution in [3.8, 4) is 0 Å². The van der Waals surface area contributed by atoms with Crippen LogP contribution in [0.1, 0.15) is 18.4 Å². The first-order valence-corrected chi connectivity index (χ1v) is 8.37. The lowest BCUT2D eigenvalue weighted by Gasteiger charge is -2.09. The van der Waals surface area contributed by atoms with E-state index in [4.69, 9.17) is 0 Å². The predicted octanol–water partition coefficient (Wildman–Crippen LogP) is 5.13. The summed E-state index contributed by atoms with van der Waals surface area (Å²) in [6.07, 6.45) is 2.52. The minimum atomic E-state index is -0.430. The largest absolute Gasteiger partial charge is 0.310 e. The highest BCUT2D eigenvalue weighted by Gasteiger charge is 2.20. The summed E-state index contributed by atoms with van der Waals surface area (Å²) in [5, 5.41) is 3.45. The van der Waals surface area contributed by atoms with Gasteiger partial charge in [0.2, 0.25) is 0 Å². The van der Waals surface area contributed by atoms with E-state index in [0.29, 0.717) is 10.9 Å². The fourth-order valence-electron chi connectivity index (χ4n) is 1.96. The molecule has 0 bridgehead atoms. The molecule has 1 aliphatic rings. The quantitative estimate of drug-likeness (QED) is 0.783. The van der Waals surface area contributed by atoms with E-state index in [1.54, 1.807) is 0 Å². The lowest BCUT2D eigenvalue weighted by molar-refractivity contribution is 0.577. The highest BCUT2D eigenvalue weighted by Crippen LogP contribution is 2.35. The van der Waals surface area contributed by atoms with E-state index >= 15 is 0 Å². The van der Waals surface area contributed by atoms with Crippen LogP contribution in [-0.4, -0.2) is 6.04 Å². The average molecular weight is 370 g/mol. The van der Waals surface area contributed by atoms with Gasteiger partial charge in [-0.25, -0.2) is 8.78 Å². The summed E-state index contributed by atoms with van der Waals surface area (Å²) in [5.74, 6) is -0.840. The Kier molecular flexibility index (Phi) is 4.62. The molecule has 1 fully saturated rings. The van der Waals surface area contributed by atoms with Crippen LogP contribution >= 0.6 is 27.7 Å². The topological polar surface area (TPSA) is 12.0 Å². The van der Waals surface area contributed by atoms with Crippen molar-refractivity contribution in [2.24, 2.45) is 0 Å². The van der Waals surface area contributed by atoms with Gasteiger partial charge in [0.25, 0.3) is 0 Å². The summed E-state index contributed by atoms with van der Waals surface area (Å²) in [4.78, 5) is 1.16. The van der Waals surface area contributed by atoms with Gasteiger partial charge in [0.15, 0.2) is 0 Å². The average Bonchev–Trinajstić information content (AvgIpc) is 3.27. The number of halogens is 3. The van der Waals surface area contributed by atoms with Crippen LogP contribution in [-0.2, 0) is 6.54 Å². The van der Waals surface area contributed by atoms with Crippen LogP contribution in [0.5, 0.6) is 0 Å². The van der Waals surface area contributed by atoms with Gasteiger partial charge in [-0.15, -0.1) is 0 Å². The van der Waals surface area contributed by atoms with Crippen LogP contribution in [0, 0.1) is 11.6 Å². The van der Waals surface area contributed by atoms with Crippen molar-refractivity contribution < 1.29 is 8.78 Å². The van der Waals surface area contributed by atoms with Crippen LogP contribution in [0.25, 0.3) is 0 Å². The van der Waals surface area contributed by atoms with Crippen LogP contribution in [0.15, 0.2) is 50.7 Å². The van der Waals surface area contributed by atoms with Crippen molar-refractivity contribution >= 4 is 27.7 Å². The van der Waals surface area contributed by atoms with Gasteiger partial charge in [-0.05, 0) is 64.7 Å². The normalized spacial score (nSPS) is 14.4. The third kappa shape index (κ3) is 4.05. The van der Waals surface area contributed by atoms with Crippen molar-refractivity contribution in [2.75, 3.05) is 0 Å². The van der Waals surface area contributed by atoms with Crippen LogP contribution < -0.4 is 5.32 Å². The molecule has 3 rings (SSSR count). The maximum Gasteiger partial charge on any atom is 0.137 e. The Morgan fingerprint density at radius 1 is 1.10 bits per heavy atom. The molecule has 1 aliphatic carbocycles. The second-order valence-corrected chi connectivity index (χ2v) is 7.03. The molecule has 0 saturated heterocycles. The maximum absolute atomic E-state index is 13.7. The molecular formula is C16H14BrF2NS. The highest BCUT2D eigenvalue weighted by molar-refractivity contribution is 9.10. The van der Waals surface area contributed by atoms with Crippen molar-refractivity contribution in [3.63, 3.8) is 0 Å². The molecule has 110 valence electrons. The molecule has 0 aliphatic heterocycles. The molecule has 0 radical (unpaired) electrons. The zero-order valence-electron chi connectivity index (χ0n) is 11.2. The summed E-state index contributed by atoms with van der Waals surface area (Å²) >= 11 is 4.72. The Hall–Kier alpha value is -0.910. The van der Waals surface area contributed by atoms with E-state index in [0.717, 1.165) is 28.0 Å². The standard InChI is InChI=1S/C16H14BrF2NS/c17-13-7-10(9-20-12-3-4-12)1-6-15(13)21-16-8-11(18)2-5-14(16)19/h1-2,5-8,12,20H,3-4,9H2. The summed E-state index contributed by atoms with van der Waals surface area (Å²) in [5.41, 5.74) is 1.18. The molecule has 2 aromatic rings. The molecule has 5 heteroatoms. The third-order valence-electron chi connectivity index (χ3n) is 3.28. The van der Waals surface area contributed by atoms with Gasteiger partial charge in [-0.2, -0.15) is 0 Å². The Labute approximate surface area is 135 Å². The molecule has 0 amide bonds. The molecule has 1 N–H and O–H groups in total. The van der Waals surface area contributed by atoms with Crippen molar-refractivity contribution in [2.45, 2.75) is 35.2 Å². The second kappa shape index (κ2) is 6.46. The molecule has 0 heterocycles. The zero-order chi connectivity index (χ0) is 14.8. The van der Waals surface area contributed by atoms with E-state index in [1.807, 2.05) is 18.2 Å². The van der Waals surface area contributed by atoms with Crippen molar-refractivity contribution in [3.05, 3.63) is 58.1 Å². The van der Waals surface area contributed by atoms with Gasteiger partial charge in [-0.3, -0.25) is 0 Å². The second-order valence-electron chi connectivity index (χ2n) is 5.10. The monoisotopic (exact) mass is 369 g/mol. The fourth-order valence-corrected chi connectivity index (χ4v) is 3.50. The number of nitrogens with one attached hydrogen (secondary N) is 1. The molecule has 1 saturated carbocycles. The maximum atomic E-state index is 13.7. The molecule has 0 spiro atoms. The van der Waals surface area contributed by atoms with Gasteiger partial charge in [0.1, 0.15) is 11.6 Å². The van der Waals surface area contributed by atoms with E-state index in [-0.39, 0.29) is 0 Å². The summed E-state index contributed by atoms with van der Waals surface area (Å²) in [6.45, 7) is 0.836. The molecule has 0 atom stereocenters. The van der Waals surface area contributed by atoms with Gasteiger partial charge in [0.05, 0.1) is 4.90 Å². The molecule has 0 unspecified atom stereocenters. The summed E-state index contributed by atoms with van der Waals surface area (Å²) < 4.78 is 27.8. The van der Waals surface area contributed by atoms with Crippen LogP contribution in [0.4, 0.5) is 8.78 Å². The van der Waals surface area contributed by atoms with E-state index in [9.17, 15) is 8.78 Å². The summed E-state index contributed by atoms with van der Waals surface area (Å²) in [6, 6.07) is 10.1.